The Morgan fingerprint density at radius 1 is 1.22 bits per heavy atom. The number of pyridine rings is 1. The summed E-state index contributed by atoms with van der Waals surface area (Å²) in [6.07, 6.45) is 4.59. The van der Waals surface area contributed by atoms with E-state index in [0.29, 0.717) is 12.3 Å². The quantitative estimate of drug-likeness (QED) is 0.781. The summed E-state index contributed by atoms with van der Waals surface area (Å²) < 4.78 is 2.02. The molecule has 0 aliphatic heterocycles. The highest BCUT2D eigenvalue weighted by molar-refractivity contribution is 5.91. The predicted octanol–water partition coefficient (Wildman–Crippen LogP) is 4.29. The molecule has 1 amide bonds. The topological polar surface area (TPSA) is 46.4 Å². The minimum absolute atomic E-state index is 0.0442. The number of carbonyl (C=O) groups is 1. The van der Waals surface area contributed by atoms with Gasteiger partial charge in [0.2, 0.25) is 5.91 Å². The number of nitrogens with one attached hydrogen (secondary N) is 1. The number of rotatable bonds is 4. The van der Waals surface area contributed by atoms with E-state index in [0.717, 1.165) is 22.6 Å². The minimum atomic E-state index is 0.0442. The highest BCUT2D eigenvalue weighted by atomic mass is 16.1. The average molecular weight is 307 g/mol. The van der Waals surface area contributed by atoms with Crippen molar-refractivity contribution in [1.29, 1.82) is 0 Å². The number of hydrogen-bond acceptors (Lipinski definition) is 2. The molecular formula is C19H21N3O. The second kappa shape index (κ2) is 6.24. The molecule has 3 rings (SSSR count). The largest absolute Gasteiger partial charge is 0.326 e. The van der Waals surface area contributed by atoms with Crippen LogP contribution in [0.2, 0.25) is 0 Å². The molecule has 4 nitrogen and oxygen atoms in total. The molecule has 2 heterocycles. The first-order chi connectivity index (χ1) is 11.0. The lowest BCUT2D eigenvalue weighted by molar-refractivity contribution is -0.116. The average Bonchev–Trinajstić information content (AvgIpc) is 2.89. The highest BCUT2D eigenvalue weighted by Gasteiger charge is 2.08. The van der Waals surface area contributed by atoms with Crippen LogP contribution in [0.5, 0.6) is 0 Å². The van der Waals surface area contributed by atoms with Crippen LogP contribution >= 0.6 is 0 Å². The number of fused-ring (bicyclic) bond motifs is 1. The number of nitrogens with zero attached hydrogens (tertiary/aromatic N) is 2. The molecule has 4 heteroatoms. The van der Waals surface area contributed by atoms with Gasteiger partial charge in [-0.1, -0.05) is 32.0 Å². The third-order valence-electron chi connectivity index (χ3n) is 3.63. The summed E-state index contributed by atoms with van der Waals surface area (Å²) in [6.45, 7) is 6.13. The van der Waals surface area contributed by atoms with Gasteiger partial charge in [0.05, 0.1) is 5.69 Å². The molecule has 0 fully saturated rings. The van der Waals surface area contributed by atoms with Crippen molar-refractivity contribution in [2.24, 2.45) is 5.92 Å². The second-order valence-electron chi connectivity index (χ2n) is 6.33. The lowest BCUT2D eigenvalue weighted by Gasteiger charge is -2.08. The lowest BCUT2D eigenvalue weighted by atomic mass is 10.1. The van der Waals surface area contributed by atoms with Crippen LogP contribution in [-0.2, 0) is 4.79 Å². The number of anilines is 1. The number of carbonyl (C=O) groups excluding carboxylic acids is 1. The number of imidazole rings is 1. The van der Waals surface area contributed by atoms with Gasteiger partial charge in [-0.25, -0.2) is 4.98 Å². The van der Waals surface area contributed by atoms with E-state index in [2.05, 4.69) is 29.5 Å². The van der Waals surface area contributed by atoms with Gasteiger partial charge in [-0.2, -0.15) is 0 Å². The zero-order valence-electron chi connectivity index (χ0n) is 13.7. The van der Waals surface area contributed by atoms with Crippen molar-refractivity contribution in [2.45, 2.75) is 27.2 Å². The number of aromatic nitrogens is 2. The number of aryl methyl sites for hydroxylation is 1. The van der Waals surface area contributed by atoms with Crippen molar-refractivity contribution in [3.8, 4) is 11.3 Å². The Morgan fingerprint density at radius 3 is 2.83 bits per heavy atom. The number of benzene rings is 1. The van der Waals surface area contributed by atoms with Crippen LogP contribution in [0.1, 0.15) is 25.8 Å². The molecule has 1 aromatic carbocycles. The van der Waals surface area contributed by atoms with Gasteiger partial charge in [-0.05, 0) is 36.6 Å². The molecule has 0 spiro atoms. The van der Waals surface area contributed by atoms with Crippen molar-refractivity contribution in [3.63, 3.8) is 0 Å². The number of amides is 1. The van der Waals surface area contributed by atoms with Gasteiger partial charge in [0.25, 0.3) is 0 Å². The van der Waals surface area contributed by atoms with Crippen LogP contribution < -0.4 is 5.32 Å². The van der Waals surface area contributed by atoms with Gasteiger partial charge < -0.3 is 9.72 Å². The fraction of sp³-hybridized carbons (Fsp3) is 0.263. The first-order valence-electron chi connectivity index (χ1n) is 7.87. The van der Waals surface area contributed by atoms with E-state index in [9.17, 15) is 4.79 Å². The smallest absolute Gasteiger partial charge is 0.224 e. The summed E-state index contributed by atoms with van der Waals surface area (Å²) in [5.41, 5.74) is 4.81. The first-order valence-corrected chi connectivity index (χ1v) is 7.87. The van der Waals surface area contributed by atoms with Gasteiger partial charge in [-0.3, -0.25) is 4.79 Å². The fourth-order valence-corrected chi connectivity index (χ4v) is 2.58. The van der Waals surface area contributed by atoms with Crippen LogP contribution in [0.25, 0.3) is 16.9 Å². The summed E-state index contributed by atoms with van der Waals surface area (Å²) in [4.78, 5) is 16.6. The van der Waals surface area contributed by atoms with Crippen LogP contribution in [0.4, 0.5) is 5.69 Å². The highest BCUT2D eigenvalue weighted by Crippen LogP contribution is 2.23. The monoisotopic (exact) mass is 307 g/mol. The lowest BCUT2D eigenvalue weighted by Crippen LogP contribution is -2.13. The molecule has 3 aromatic rings. The van der Waals surface area contributed by atoms with E-state index in [-0.39, 0.29) is 5.91 Å². The predicted molar refractivity (Wildman–Crippen MR) is 93.4 cm³/mol. The minimum Gasteiger partial charge on any atom is -0.326 e. The summed E-state index contributed by atoms with van der Waals surface area (Å²) in [7, 11) is 0. The third kappa shape index (κ3) is 3.59. The Morgan fingerprint density at radius 2 is 2.04 bits per heavy atom. The molecule has 0 unspecified atom stereocenters. The molecule has 0 saturated carbocycles. The third-order valence-corrected chi connectivity index (χ3v) is 3.63. The summed E-state index contributed by atoms with van der Waals surface area (Å²) >= 11 is 0. The van der Waals surface area contributed by atoms with Crippen molar-refractivity contribution in [3.05, 3.63) is 54.4 Å². The maximum absolute atomic E-state index is 11.9. The Labute approximate surface area is 136 Å². The number of hydrogen-bond donors (Lipinski definition) is 1. The summed E-state index contributed by atoms with van der Waals surface area (Å²) in [6, 6.07) is 11.9. The fourth-order valence-electron chi connectivity index (χ4n) is 2.58. The van der Waals surface area contributed by atoms with Crippen molar-refractivity contribution in [2.75, 3.05) is 5.32 Å². The van der Waals surface area contributed by atoms with Crippen molar-refractivity contribution in [1.82, 2.24) is 9.38 Å². The first kappa shape index (κ1) is 15.3. The summed E-state index contributed by atoms with van der Waals surface area (Å²) in [5.74, 6) is 0.391. The molecule has 118 valence electrons. The van der Waals surface area contributed by atoms with Gasteiger partial charge in [-0.15, -0.1) is 0 Å². The molecule has 2 aromatic heterocycles. The van der Waals surface area contributed by atoms with E-state index in [1.807, 2.05) is 54.8 Å². The van der Waals surface area contributed by atoms with Gasteiger partial charge in [0.15, 0.2) is 0 Å². The van der Waals surface area contributed by atoms with Crippen molar-refractivity contribution < 1.29 is 4.79 Å². The van der Waals surface area contributed by atoms with Gasteiger partial charge in [0, 0.05) is 30.1 Å². The van der Waals surface area contributed by atoms with E-state index in [1.165, 1.54) is 5.56 Å². The van der Waals surface area contributed by atoms with Crippen LogP contribution in [0.15, 0.2) is 48.8 Å². The Balaban J connectivity index is 1.87. The SMILES string of the molecule is Cc1ccc2nc(-c3cccc(NC(=O)CC(C)C)c3)cn2c1. The molecule has 0 radical (unpaired) electrons. The molecular weight excluding hydrogens is 286 g/mol. The molecule has 23 heavy (non-hydrogen) atoms. The molecule has 0 saturated heterocycles. The van der Waals surface area contributed by atoms with Crippen LogP contribution in [-0.4, -0.2) is 15.3 Å². The second-order valence-corrected chi connectivity index (χ2v) is 6.33. The molecule has 0 bridgehead atoms. The van der Waals surface area contributed by atoms with Gasteiger partial charge >= 0.3 is 0 Å². The standard InChI is InChI=1S/C19H21N3O/c1-13(2)9-19(23)20-16-6-4-5-15(10-16)17-12-22-11-14(3)7-8-18(22)21-17/h4-8,10-13H,9H2,1-3H3,(H,20,23). The Bertz CT molecular complexity index is 849. The van der Waals surface area contributed by atoms with E-state index < -0.39 is 0 Å². The van der Waals surface area contributed by atoms with E-state index in [1.54, 1.807) is 0 Å². The molecule has 0 aliphatic carbocycles. The Kier molecular flexibility index (Phi) is 4.15. The van der Waals surface area contributed by atoms with Gasteiger partial charge in [0.1, 0.15) is 5.65 Å². The van der Waals surface area contributed by atoms with E-state index >= 15 is 0 Å². The molecule has 1 N–H and O–H groups in total. The molecule has 0 atom stereocenters. The molecule has 0 aliphatic rings. The van der Waals surface area contributed by atoms with Crippen LogP contribution in [0.3, 0.4) is 0 Å². The zero-order valence-corrected chi connectivity index (χ0v) is 13.7. The zero-order chi connectivity index (χ0) is 16.4. The maximum Gasteiger partial charge on any atom is 0.224 e. The normalized spacial score (nSPS) is 11.1. The van der Waals surface area contributed by atoms with Crippen LogP contribution in [0, 0.1) is 12.8 Å². The summed E-state index contributed by atoms with van der Waals surface area (Å²) in [5, 5.41) is 2.95. The Hall–Kier alpha value is -2.62. The maximum atomic E-state index is 11.9. The van der Waals surface area contributed by atoms with E-state index in [4.69, 9.17) is 0 Å². The van der Waals surface area contributed by atoms with Crippen molar-refractivity contribution >= 4 is 17.2 Å².